The van der Waals surface area contributed by atoms with Crippen molar-refractivity contribution in [3.05, 3.63) is 35.4 Å². The molecule has 0 bridgehead atoms. The summed E-state index contributed by atoms with van der Waals surface area (Å²) in [6, 6.07) is 8.03. The Bertz CT molecular complexity index is 517. The first-order valence-electron chi connectivity index (χ1n) is 7.43. The van der Waals surface area contributed by atoms with Gasteiger partial charge in [-0.25, -0.2) is 4.72 Å². The van der Waals surface area contributed by atoms with Crippen molar-refractivity contribution in [3.8, 4) is 0 Å². The monoisotopic (exact) mass is 313 g/mol. The summed E-state index contributed by atoms with van der Waals surface area (Å²) in [4.78, 5) is 0. The summed E-state index contributed by atoms with van der Waals surface area (Å²) >= 11 is 0. The maximum Gasteiger partial charge on any atom is 0.279 e. The lowest BCUT2D eigenvalue weighted by Crippen LogP contribution is -2.40. The highest BCUT2D eigenvalue weighted by atomic mass is 32.2. The van der Waals surface area contributed by atoms with E-state index in [1.807, 2.05) is 38.1 Å². The Balaban J connectivity index is 2.37. The molecule has 0 saturated carbocycles. The lowest BCUT2D eigenvalue weighted by Gasteiger charge is -2.18. The molecule has 0 aliphatic carbocycles. The van der Waals surface area contributed by atoms with Crippen LogP contribution in [0.25, 0.3) is 0 Å². The Labute approximate surface area is 128 Å². The maximum absolute atomic E-state index is 12.1. The minimum atomic E-state index is -3.37. The van der Waals surface area contributed by atoms with Gasteiger partial charge >= 0.3 is 0 Å². The van der Waals surface area contributed by atoms with Crippen LogP contribution in [0, 0.1) is 6.92 Å². The van der Waals surface area contributed by atoms with Crippen LogP contribution in [0.3, 0.4) is 0 Å². The molecule has 21 heavy (non-hydrogen) atoms. The fourth-order valence-corrected chi connectivity index (χ4v) is 2.99. The lowest BCUT2D eigenvalue weighted by atomic mass is 10.1. The van der Waals surface area contributed by atoms with E-state index in [0.29, 0.717) is 19.5 Å². The van der Waals surface area contributed by atoms with Gasteiger partial charge in [-0.05, 0) is 44.0 Å². The summed E-state index contributed by atoms with van der Waals surface area (Å²) in [5.41, 5.74) is 2.37. The molecule has 6 heteroatoms. The zero-order valence-corrected chi connectivity index (χ0v) is 14.0. The number of hydrogen-bond acceptors (Lipinski definition) is 3. The van der Waals surface area contributed by atoms with Gasteiger partial charge in [0.25, 0.3) is 10.2 Å². The Morgan fingerprint density at radius 1 is 1.19 bits per heavy atom. The van der Waals surface area contributed by atoms with Crippen LogP contribution in [0.5, 0.6) is 0 Å². The second kappa shape index (κ2) is 9.15. The van der Waals surface area contributed by atoms with E-state index < -0.39 is 10.2 Å². The first-order chi connectivity index (χ1) is 9.97. The number of hydrogen-bond donors (Lipinski definition) is 2. The Morgan fingerprint density at radius 3 is 2.57 bits per heavy atom. The van der Waals surface area contributed by atoms with Crippen LogP contribution in [-0.4, -0.2) is 45.9 Å². The molecule has 2 N–H and O–H groups in total. The fourth-order valence-electron chi connectivity index (χ4n) is 2.04. The molecule has 0 aliphatic heterocycles. The largest absolute Gasteiger partial charge is 0.317 e. The maximum atomic E-state index is 12.1. The number of rotatable bonds is 10. The van der Waals surface area contributed by atoms with E-state index in [-0.39, 0.29) is 0 Å². The highest BCUT2D eigenvalue weighted by Gasteiger charge is 2.16. The highest BCUT2D eigenvalue weighted by molar-refractivity contribution is 7.87. The van der Waals surface area contributed by atoms with Crippen LogP contribution in [0.2, 0.25) is 0 Å². The minimum Gasteiger partial charge on any atom is -0.317 e. The van der Waals surface area contributed by atoms with Crippen LogP contribution >= 0.6 is 0 Å². The van der Waals surface area contributed by atoms with Crippen molar-refractivity contribution in [1.29, 1.82) is 0 Å². The minimum absolute atomic E-state index is 0.421. The molecule has 0 fully saturated rings. The SMILES string of the molecule is CCNCCCN(C)S(=O)(=O)NCCc1ccccc1C. The zero-order chi connectivity index (χ0) is 15.7. The van der Waals surface area contributed by atoms with E-state index in [0.717, 1.165) is 19.5 Å². The molecular formula is C15H27N3O2S. The summed E-state index contributed by atoms with van der Waals surface area (Å²) < 4.78 is 28.2. The van der Waals surface area contributed by atoms with E-state index in [1.54, 1.807) is 7.05 Å². The summed E-state index contributed by atoms with van der Waals surface area (Å²) in [7, 11) is -1.76. The molecule has 1 rings (SSSR count). The molecule has 0 unspecified atom stereocenters. The van der Waals surface area contributed by atoms with Gasteiger partial charge in [-0.15, -0.1) is 0 Å². The Hall–Kier alpha value is -0.950. The second-order valence-corrected chi connectivity index (χ2v) is 6.97. The van der Waals surface area contributed by atoms with Crippen molar-refractivity contribution in [2.75, 3.05) is 33.2 Å². The van der Waals surface area contributed by atoms with Crippen molar-refractivity contribution in [2.45, 2.75) is 26.7 Å². The first-order valence-corrected chi connectivity index (χ1v) is 8.87. The van der Waals surface area contributed by atoms with Gasteiger partial charge in [0.05, 0.1) is 0 Å². The standard InChI is InChI=1S/C15H27N3O2S/c1-4-16-11-7-13-18(3)21(19,20)17-12-10-15-9-6-5-8-14(15)2/h5-6,8-9,16-17H,4,7,10-13H2,1-3H3. The van der Waals surface area contributed by atoms with Crippen molar-refractivity contribution >= 4 is 10.2 Å². The molecular weight excluding hydrogens is 286 g/mol. The highest BCUT2D eigenvalue weighted by Crippen LogP contribution is 2.07. The van der Waals surface area contributed by atoms with Crippen molar-refractivity contribution in [3.63, 3.8) is 0 Å². The third-order valence-corrected chi connectivity index (χ3v) is 5.00. The molecule has 0 aromatic heterocycles. The summed E-state index contributed by atoms with van der Waals surface area (Å²) in [5.74, 6) is 0. The van der Waals surface area contributed by atoms with Crippen LogP contribution in [0.1, 0.15) is 24.5 Å². The number of benzene rings is 1. The van der Waals surface area contributed by atoms with Gasteiger partial charge in [0, 0.05) is 20.1 Å². The third kappa shape index (κ3) is 6.56. The number of aryl methyl sites for hydroxylation is 1. The van der Waals surface area contributed by atoms with Gasteiger partial charge in [-0.3, -0.25) is 0 Å². The Kier molecular flexibility index (Phi) is 7.88. The first kappa shape index (κ1) is 18.1. The summed E-state index contributed by atoms with van der Waals surface area (Å²) in [6.45, 7) is 6.76. The van der Waals surface area contributed by atoms with Crippen LogP contribution in [0.4, 0.5) is 0 Å². The number of nitrogens with one attached hydrogen (secondary N) is 2. The van der Waals surface area contributed by atoms with Gasteiger partial charge in [0.2, 0.25) is 0 Å². The van der Waals surface area contributed by atoms with E-state index in [9.17, 15) is 8.42 Å². The van der Waals surface area contributed by atoms with Gasteiger partial charge in [0.15, 0.2) is 0 Å². The van der Waals surface area contributed by atoms with Gasteiger partial charge in [0.1, 0.15) is 0 Å². The van der Waals surface area contributed by atoms with Crippen LogP contribution in [-0.2, 0) is 16.6 Å². The molecule has 0 heterocycles. The molecule has 0 saturated heterocycles. The Morgan fingerprint density at radius 2 is 1.90 bits per heavy atom. The quantitative estimate of drug-likeness (QED) is 0.640. The van der Waals surface area contributed by atoms with E-state index >= 15 is 0 Å². The normalized spacial score (nSPS) is 12.0. The average molecular weight is 313 g/mol. The predicted molar refractivity (Wildman–Crippen MR) is 87.6 cm³/mol. The average Bonchev–Trinajstić information content (AvgIpc) is 2.45. The topological polar surface area (TPSA) is 61.4 Å². The molecule has 0 aliphatic rings. The van der Waals surface area contributed by atoms with E-state index in [4.69, 9.17) is 0 Å². The van der Waals surface area contributed by atoms with E-state index in [1.165, 1.54) is 15.4 Å². The summed E-state index contributed by atoms with van der Waals surface area (Å²) in [5, 5.41) is 3.18. The molecule has 0 radical (unpaired) electrons. The van der Waals surface area contributed by atoms with Crippen molar-refractivity contribution in [2.24, 2.45) is 0 Å². The molecule has 120 valence electrons. The predicted octanol–water partition coefficient (Wildman–Crippen LogP) is 1.30. The zero-order valence-electron chi connectivity index (χ0n) is 13.2. The third-order valence-electron chi connectivity index (χ3n) is 3.43. The molecule has 0 atom stereocenters. The lowest BCUT2D eigenvalue weighted by molar-refractivity contribution is 0.446. The smallest absolute Gasteiger partial charge is 0.279 e. The molecule has 0 spiro atoms. The molecule has 5 nitrogen and oxygen atoms in total. The van der Waals surface area contributed by atoms with E-state index in [2.05, 4.69) is 10.0 Å². The molecule has 1 aromatic rings. The summed E-state index contributed by atoms with van der Waals surface area (Å²) in [6.07, 6.45) is 1.51. The van der Waals surface area contributed by atoms with Crippen molar-refractivity contribution < 1.29 is 8.42 Å². The van der Waals surface area contributed by atoms with Gasteiger partial charge in [-0.2, -0.15) is 12.7 Å². The van der Waals surface area contributed by atoms with Gasteiger partial charge in [-0.1, -0.05) is 31.2 Å². The molecule has 0 amide bonds. The van der Waals surface area contributed by atoms with Crippen molar-refractivity contribution in [1.82, 2.24) is 14.3 Å². The second-order valence-electron chi connectivity index (χ2n) is 5.10. The van der Waals surface area contributed by atoms with Gasteiger partial charge < -0.3 is 5.32 Å². The van der Waals surface area contributed by atoms with Crippen LogP contribution < -0.4 is 10.0 Å². The fraction of sp³-hybridized carbons (Fsp3) is 0.600. The molecule has 1 aromatic carbocycles. The number of nitrogens with zero attached hydrogens (tertiary/aromatic N) is 1. The van der Waals surface area contributed by atoms with Crippen LogP contribution in [0.15, 0.2) is 24.3 Å².